The van der Waals surface area contributed by atoms with E-state index in [4.69, 9.17) is 4.42 Å². The number of hydrogen-bond donors (Lipinski definition) is 1. The number of carbonyl (C=O) groups is 1. The van der Waals surface area contributed by atoms with Gasteiger partial charge in [-0.2, -0.15) is 0 Å². The molecule has 1 amide bonds. The van der Waals surface area contributed by atoms with Crippen molar-refractivity contribution in [2.24, 2.45) is 0 Å². The van der Waals surface area contributed by atoms with Gasteiger partial charge in [0.2, 0.25) is 0 Å². The van der Waals surface area contributed by atoms with Crippen molar-refractivity contribution >= 4 is 5.91 Å². The summed E-state index contributed by atoms with van der Waals surface area (Å²) in [5.74, 6) is 0.345. The molecule has 5 nitrogen and oxygen atoms in total. The van der Waals surface area contributed by atoms with Gasteiger partial charge in [-0.05, 0) is 18.1 Å². The zero-order valence-corrected chi connectivity index (χ0v) is 14.0. The second-order valence-electron chi connectivity index (χ2n) is 6.18. The van der Waals surface area contributed by atoms with Crippen LogP contribution in [0.1, 0.15) is 23.9 Å². The molecule has 2 aromatic rings. The number of aliphatic hydroxyl groups is 1. The number of nitrogens with zero attached hydrogens (tertiary/aromatic N) is 2. The second kappa shape index (κ2) is 7.64. The molecule has 2 heterocycles. The molecule has 0 unspecified atom stereocenters. The highest BCUT2D eigenvalue weighted by Crippen LogP contribution is 2.26. The highest BCUT2D eigenvalue weighted by Gasteiger charge is 2.26. The lowest BCUT2D eigenvalue weighted by molar-refractivity contribution is 0.0501. The standard InChI is InChI=1S/C19H24N2O3/c1-2-16(22)14-20-9-11-21(12-10-20)19(23)18-17(8-13-24-18)15-6-4-3-5-7-15/h3-8,13,16,22H,2,9-12,14H2,1H3/t16-/m1/s1. The molecule has 1 aromatic heterocycles. The van der Waals surface area contributed by atoms with E-state index in [9.17, 15) is 9.90 Å². The van der Waals surface area contributed by atoms with Crippen LogP contribution in [0.5, 0.6) is 0 Å². The third-order valence-electron chi connectivity index (χ3n) is 4.54. The monoisotopic (exact) mass is 328 g/mol. The van der Waals surface area contributed by atoms with Gasteiger partial charge in [-0.25, -0.2) is 0 Å². The van der Waals surface area contributed by atoms with Gasteiger partial charge in [0.15, 0.2) is 5.76 Å². The Balaban J connectivity index is 1.66. The molecular formula is C19H24N2O3. The van der Waals surface area contributed by atoms with Crippen molar-refractivity contribution in [3.8, 4) is 11.1 Å². The molecule has 0 saturated carbocycles. The summed E-state index contributed by atoms with van der Waals surface area (Å²) < 4.78 is 5.50. The summed E-state index contributed by atoms with van der Waals surface area (Å²) in [4.78, 5) is 16.8. The van der Waals surface area contributed by atoms with Crippen LogP contribution in [-0.2, 0) is 0 Å². The van der Waals surface area contributed by atoms with Gasteiger partial charge in [0.1, 0.15) is 0 Å². The maximum absolute atomic E-state index is 12.8. The van der Waals surface area contributed by atoms with Crippen molar-refractivity contribution < 1.29 is 14.3 Å². The van der Waals surface area contributed by atoms with E-state index in [1.54, 1.807) is 6.26 Å². The highest BCUT2D eigenvalue weighted by molar-refractivity contribution is 5.98. The van der Waals surface area contributed by atoms with Crippen molar-refractivity contribution in [3.63, 3.8) is 0 Å². The molecule has 3 rings (SSSR count). The summed E-state index contributed by atoms with van der Waals surface area (Å²) in [6.45, 7) is 5.53. The first-order valence-electron chi connectivity index (χ1n) is 8.51. The lowest BCUT2D eigenvalue weighted by atomic mass is 10.1. The Morgan fingerprint density at radius 2 is 1.88 bits per heavy atom. The number of aliphatic hydroxyl groups excluding tert-OH is 1. The minimum atomic E-state index is -0.290. The molecule has 0 spiro atoms. The van der Waals surface area contributed by atoms with Crippen LogP contribution in [0.3, 0.4) is 0 Å². The molecule has 1 saturated heterocycles. The number of carbonyl (C=O) groups excluding carboxylic acids is 1. The SMILES string of the molecule is CC[C@@H](O)CN1CCN(C(=O)c2occc2-c2ccccc2)CC1. The fourth-order valence-electron chi connectivity index (χ4n) is 3.02. The van der Waals surface area contributed by atoms with Gasteiger partial charge in [0.05, 0.1) is 12.4 Å². The summed E-state index contributed by atoms with van der Waals surface area (Å²) in [5.41, 5.74) is 1.82. The highest BCUT2D eigenvalue weighted by atomic mass is 16.3. The van der Waals surface area contributed by atoms with Gasteiger partial charge in [0, 0.05) is 38.3 Å². The summed E-state index contributed by atoms with van der Waals surface area (Å²) >= 11 is 0. The molecule has 1 aromatic carbocycles. The molecule has 1 fully saturated rings. The Labute approximate surface area is 142 Å². The van der Waals surface area contributed by atoms with Gasteiger partial charge in [0.25, 0.3) is 5.91 Å². The molecule has 1 atom stereocenters. The molecule has 128 valence electrons. The number of benzene rings is 1. The third kappa shape index (κ3) is 3.68. The van der Waals surface area contributed by atoms with Crippen molar-refractivity contribution in [1.82, 2.24) is 9.80 Å². The molecule has 24 heavy (non-hydrogen) atoms. The van der Waals surface area contributed by atoms with Gasteiger partial charge in [-0.1, -0.05) is 37.3 Å². The lowest BCUT2D eigenvalue weighted by Gasteiger charge is -2.35. The Hall–Kier alpha value is -2.11. The van der Waals surface area contributed by atoms with E-state index in [1.807, 2.05) is 48.2 Å². The van der Waals surface area contributed by atoms with E-state index in [0.29, 0.717) is 25.4 Å². The van der Waals surface area contributed by atoms with E-state index in [0.717, 1.165) is 30.6 Å². The predicted octanol–water partition coefficient (Wildman–Crippen LogP) is 2.48. The van der Waals surface area contributed by atoms with Gasteiger partial charge < -0.3 is 14.4 Å². The van der Waals surface area contributed by atoms with Crippen LogP contribution in [0.4, 0.5) is 0 Å². The predicted molar refractivity (Wildman–Crippen MR) is 92.8 cm³/mol. The van der Waals surface area contributed by atoms with Crippen LogP contribution in [0.15, 0.2) is 47.1 Å². The number of furan rings is 1. The zero-order chi connectivity index (χ0) is 16.9. The van der Waals surface area contributed by atoms with Gasteiger partial charge in [-0.15, -0.1) is 0 Å². The maximum atomic E-state index is 12.8. The fourth-order valence-corrected chi connectivity index (χ4v) is 3.02. The van der Waals surface area contributed by atoms with E-state index in [2.05, 4.69) is 4.90 Å². The molecule has 0 bridgehead atoms. The summed E-state index contributed by atoms with van der Waals surface area (Å²) in [6, 6.07) is 11.7. The normalized spacial score (nSPS) is 17.0. The number of rotatable bonds is 5. The fraction of sp³-hybridized carbons (Fsp3) is 0.421. The van der Waals surface area contributed by atoms with Crippen LogP contribution >= 0.6 is 0 Å². The number of β-amino-alcohol motifs (C(OH)–C–C–N with tert-alkyl or cyclic N) is 1. The first kappa shape index (κ1) is 16.7. The quantitative estimate of drug-likeness (QED) is 0.916. The van der Waals surface area contributed by atoms with Crippen LogP contribution < -0.4 is 0 Å². The largest absolute Gasteiger partial charge is 0.459 e. The van der Waals surface area contributed by atoms with Gasteiger partial charge in [-0.3, -0.25) is 9.69 Å². The van der Waals surface area contributed by atoms with Crippen LogP contribution in [0.25, 0.3) is 11.1 Å². The molecule has 1 N–H and O–H groups in total. The maximum Gasteiger partial charge on any atom is 0.290 e. The summed E-state index contributed by atoms with van der Waals surface area (Å²) in [7, 11) is 0. The van der Waals surface area contributed by atoms with Crippen molar-refractivity contribution in [1.29, 1.82) is 0 Å². The van der Waals surface area contributed by atoms with Crippen LogP contribution in [0, 0.1) is 0 Å². The minimum Gasteiger partial charge on any atom is -0.459 e. The topological polar surface area (TPSA) is 56.9 Å². The summed E-state index contributed by atoms with van der Waals surface area (Å²) in [5, 5.41) is 9.76. The zero-order valence-electron chi connectivity index (χ0n) is 14.0. The third-order valence-corrected chi connectivity index (χ3v) is 4.54. The molecular weight excluding hydrogens is 304 g/mol. The van der Waals surface area contributed by atoms with Crippen LogP contribution in [-0.4, -0.2) is 59.6 Å². The van der Waals surface area contributed by atoms with Crippen molar-refractivity contribution in [2.45, 2.75) is 19.4 Å². The molecule has 1 aliphatic rings. The Morgan fingerprint density at radius 3 is 2.54 bits per heavy atom. The summed E-state index contributed by atoms with van der Waals surface area (Å²) in [6.07, 6.45) is 2.04. The molecule has 0 radical (unpaired) electrons. The van der Waals surface area contributed by atoms with E-state index in [1.165, 1.54) is 0 Å². The number of amides is 1. The van der Waals surface area contributed by atoms with Gasteiger partial charge >= 0.3 is 0 Å². The molecule has 5 heteroatoms. The number of hydrogen-bond acceptors (Lipinski definition) is 4. The first-order valence-corrected chi connectivity index (χ1v) is 8.51. The Kier molecular flexibility index (Phi) is 5.33. The lowest BCUT2D eigenvalue weighted by Crippen LogP contribution is -2.50. The first-order chi connectivity index (χ1) is 11.7. The van der Waals surface area contributed by atoms with E-state index in [-0.39, 0.29) is 12.0 Å². The number of piperazine rings is 1. The second-order valence-corrected chi connectivity index (χ2v) is 6.18. The Bertz CT molecular complexity index is 660. The Morgan fingerprint density at radius 1 is 1.17 bits per heavy atom. The van der Waals surface area contributed by atoms with E-state index < -0.39 is 0 Å². The van der Waals surface area contributed by atoms with E-state index >= 15 is 0 Å². The average molecular weight is 328 g/mol. The average Bonchev–Trinajstić information content (AvgIpc) is 3.12. The minimum absolute atomic E-state index is 0.0606. The van der Waals surface area contributed by atoms with Crippen molar-refractivity contribution in [3.05, 3.63) is 48.4 Å². The smallest absolute Gasteiger partial charge is 0.290 e. The van der Waals surface area contributed by atoms with Crippen LogP contribution in [0.2, 0.25) is 0 Å². The molecule has 1 aliphatic heterocycles. The molecule has 0 aliphatic carbocycles. The van der Waals surface area contributed by atoms with Crippen molar-refractivity contribution in [2.75, 3.05) is 32.7 Å².